The van der Waals surface area contributed by atoms with E-state index >= 15 is 0 Å². The third kappa shape index (κ3) is 6.97. The first-order chi connectivity index (χ1) is 16.5. The van der Waals surface area contributed by atoms with E-state index in [0.29, 0.717) is 19.4 Å². The maximum atomic E-state index is 13.4. The first-order valence-electron chi connectivity index (χ1n) is 11.3. The smallest absolute Gasteiger partial charge is 0.407 e. The summed E-state index contributed by atoms with van der Waals surface area (Å²) < 4.78 is 5.32. The molecule has 7 nitrogen and oxygen atoms in total. The Hall–Kier alpha value is -3.55. The number of nitrogens with one attached hydrogen (secondary N) is 1. The van der Waals surface area contributed by atoms with E-state index in [1.165, 1.54) is 0 Å². The number of carbonyl (C=O) groups excluding carboxylic acids is 2. The SMILES string of the molecule is Cl.N[C@@H](Cc1ccc(O)cc1)C(=O)N1Cc2ccccc2CC1CNC(=O)OCc1ccccc1. The number of hydrogen-bond donors (Lipinski definition) is 3. The van der Waals surface area contributed by atoms with Crippen molar-refractivity contribution in [2.24, 2.45) is 5.73 Å². The summed E-state index contributed by atoms with van der Waals surface area (Å²) in [6.45, 7) is 0.879. The molecular formula is C27H30ClN3O4. The van der Waals surface area contributed by atoms with Crippen LogP contribution in [0.3, 0.4) is 0 Å². The van der Waals surface area contributed by atoms with Gasteiger partial charge in [0.05, 0.1) is 12.1 Å². The van der Waals surface area contributed by atoms with Gasteiger partial charge in [-0.15, -0.1) is 12.4 Å². The van der Waals surface area contributed by atoms with Crippen LogP contribution in [0.4, 0.5) is 4.79 Å². The summed E-state index contributed by atoms with van der Waals surface area (Å²) in [5.41, 5.74) is 10.3. The summed E-state index contributed by atoms with van der Waals surface area (Å²) in [6.07, 6.45) is 0.451. The van der Waals surface area contributed by atoms with E-state index in [9.17, 15) is 14.7 Å². The summed E-state index contributed by atoms with van der Waals surface area (Å²) in [5, 5.41) is 12.3. The molecule has 184 valence electrons. The number of amides is 2. The fourth-order valence-electron chi connectivity index (χ4n) is 4.19. The number of halogens is 1. The Balaban J connectivity index is 0.00000342. The Morgan fingerprint density at radius 3 is 2.34 bits per heavy atom. The first-order valence-corrected chi connectivity index (χ1v) is 11.3. The zero-order valence-electron chi connectivity index (χ0n) is 19.3. The third-order valence-electron chi connectivity index (χ3n) is 6.04. The molecule has 1 unspecified atom stereocenters. The van der Waals surface area contributed by atoms with Gasteiger partial charge in [0.25, 0.3) is 0 Å². The van der Waals surface area contributed by atoms with Crippen molar-refractivity contribution in [1.29, 1.82) is 0 Å². The molecule has 8 heteroatoms. The van der Waals surface area contributed by atoms with Crippen LogP contribution in [0, 0.1) is 0 Å². The van der Waals surface area contributed by atoms with Gasteiger partial charge in [0, 0.05) is 13.1 Å². The molecule has 0 saturated heterocycles. The van der Waals surface area contributed by atoms with E-state index < -0.39 is 12.1 Å². The number of alkyl carbamates (subject to hydrolysis) is 1. The van der Waals surface area contributed by atoms with Gasteiger partial charge in [-0.3, -0.25) is 4.79 Å². The number of benzene rings is 3. The van der Waals surface area contributed by atoms with Crippen LogP contribution >= 0.6 is 12.4 Å². The van der Waals surface area contributed by atoms with E-state index in [-0.39, 0.29) is 43.3 Å². The second-order valence-corrected chi connectivity index (χ2v) is 8.51. The van der Waals surface area contributed by atoms with Crippen molar-refractivity contribution in [3.8, 4) is 5.75 Å². The Morgan fingerprint density at radius 2 is 1.63 bits per heavy atom. The summed E-state index contributed by atoms with van der Waals surface area (Å²) in [7, 11) is 0. The molecule has 0 spiro atoms. The zero-order valence-corrected chi connectivity index (χ0v) is 20.1. The third-order valence-corrected chi connectivity index (χ3v) is 6.04. The van der Waals surface area contributed by atoms with E-state index in [1.807, 2.05) is 54.6 Å². The highest BCUT2D eigenvalue weighted by molar-refractivity contribution is 5.85. The lowest BCUT2D eigenvalue weighted by atomic mass is 9.92. The van der Waals surface area contributed by atoms with Gasteiger partial charge in [-0.2, -0.15) is 0 Å². The second kappa shape index (κ2) is 12.2. The standard InChI is InChI=1S/C27H29N3O4.ClH/c28-25(14-19-10-12-24(31)13-11-19)26(32)30-17-22-9-5-4-8-21(22)15-23(30)16-29-27(33)34-18-20-6-2-1-3-7-20;/h1-13,23,25,31H,14-18,28H2,(H,29,33);1H/t23?,25-;/m0./s1. The lowest BCUT2D eigenvalue weighted by Crippen LogP contribution is -2.55. The highest BCUT2D eigenvalue weighted by atomic mass is 35.5. The molecule has 0 aromatic heterocycles. The average Bonchev–Trinajstić information content (AvgIpc) is 2.87. The van der Waals surface area contributed by atoms with E-state index in [2.05, 4.69) is 5.32 Å². The summed E-state index contributed by atoms with van der Waals surface area (Å²) in [5.74, 6) is -0.00592. The number of rotatable bonds is 7. The van der Waals surface area contributed by atoms with Crippen LogP contribution in [0.25, 0.3) is 0 Å². The fraction of sp³-hybridized carbons (Fsp3) is 0.259. The molecule has 2 amide bonds. The highest BCUT2D eigenvalue weighted by Gasteiger charge is 2.32. The fourth-order valence-corrected chi connectivity index (χ4v) is 4.19. The van der Waals surface area contributed by atoms with Gasteiger partial charge in [0.1, 0.15) is 12.4 Å². The molecule has 35 heavy (non-hydrogen) atoms. The van der Waals surface area contributed by atoms with Crippen LogP contribution < -0.4 is 11.1 Å². The van der Waals surface area contributed by atoms with Gasteiger partial charge in [0.2, 0.25) is 5.91 Å². The molecular weight excluding hydrogens is 466 g/mol. The van der Waals surface area contributed by atoms with Crippen LogP contribution in [-0.4, -0.2) is 40.6 Å². The maximum absolute atomic E-state index is 13.4. The summed E-state index contributed by atoms with van der Waals surface area (Å²) in [4.78, 5) is 27.4. The molecule has 3 aromatic carbocycles. The van der Waals surface area contributed by atoms with Crippen LogP contribution in [0.2, 0.25) is 0 Å². The highest BCUT2D eigenvalue weighted by Crippen LogP contribution is 2.24. The number of nitrogens with zero attached hydrogens (tertiary/aromatic N) is 1. The van der Waals surface area contributed by atoms with Crippen molar-refractivity contribution >= 4 is 24.4 Å². The quantitative estimate of drug-likeness (QED) is 0.465. The normalized spacial score (nSPS) is 15.3. The average molecular weight is 496 g/mol. The maximum Gasteiger partial charge on any atom is 0.407 e. The van der Waals surface area contributed by atoms with Crippen LogP contribution in [0.1, 0.15) is 22.3 Å². The number of hydrogen-bond acceptors (Lipinski definition) is 5. The van der Waals surface area contributed by atoms with Crippen LogP contribution in [0.5, 0.6) is 5.75 Å². The molecule has 0 bridgehead atoms. The topological polar surface area (TPSA) is 105 Å². The number of carbonyl (C=O) groups is 2. The molecule has 2 atom stereocenters. The predicted molar refractivity (Wildman–Crippen MR) is 136 cm³/mol. The van der Waals surface area contributed by atoms with Crippen molar-refractivity contribution in [2.75, 3.05) is 6.54 Å². The first kappa shape index (κ1) is 26.1. The Labute approximate surface area is 211 Å². The van der Waals surface area contributed by atoms with E-state index in [4.69, 9.17) is 10.5 Å². The number of nitrogens with two attached hydrogens (primary N) is 1. The van der Waals surface area contributed by atoms with E-state index in [0.717, 1.165) is 22.3 Å². The Kier molecular flexibility index (Phi) is 9.11. The van der Waals surface area contributed by atoms with Crippen LogP contribution in [0.15, 0.2) is 78.9 Å². The number of phenols is 1. The lowest BCUT2D eigenvalue weighted by molar-refractivity contribution is -0.136. The largest absolute Gasteiger partial charge is 0.508 e. The lowest BCUT2D eigenvalue weighted by Gasteiger charge is -2.38. The molecule has 3 aromatic rings. The van der Waals surface area contributed by atoms with Gasteiger partial charge in [-0.05, 0) is 47.2 Å². The van der Waals surface area contributed by atoms with Crippen molar-refractivity contribution in [2.45, 2.75) is 38.1 Å². The van der Waals surface area contributed by atoms with Crippen LogP contribution in [-0.2, 0) is 35.5 Å². The number of aromatic hydroxyl groups is 1. The molecule has 0 fully saturated rings. The molecule has 4 rings (SSSR count). The van der Waals surface area contributed by atoms with Crippen molar-refractivity contribution in [3.63, 3.8) is 0 Å². The van der Waals surface area contributed by atoms with Gasteiger partial charge < -0.3 is 25.8 Å². The van der Waals surface area contributed by atoms with Crippen molar-refractivity contribution < 1.29 is 19.4 Å². The van der Waals surface area contributed by atoms with Gasteiger partial charge in [-0.25, -0.2) is 4.79 Å². The number of phenolic OH excluding ortho intramolecular Hbond substituents is 1. The Bertz CT molecular complexity index is 1120. The monoisotopic (exact) mass is 495 g/mol. The minimum atomic E-state index is -0.734. The molecule has 0 saturated carbocycles. The molecule has 0 radical (unpaired) electrons. The molecule has 1 aliphatic rings. The van der Waals surface area contributed by atoms with Crippen molar-refractivity contribution in [1.82, 2.24) is 10.2 Å². The summed E-state index contributed by atoms with van der Waals surface area (Å²) >= 11 is 0. The molecule has 4 N–H and O–H groups in total. The zero-order chi connectivity index (χ0) is 23.9. The van der Waals surface area contributed by atoms with Crippen molar-refractivity contribution in [3.05, 3.63) is 101 Å². The molecule has 1 heterocycles. The number of fused-ring (bicyclic) bond motifs is 1. The van der Waals surface area contributed by atoms with Gasteiger partial charge in [0.15, 0.2) is 0 Å². The Morgan fingerprint density at radius 1 is 0.971 bits per heavy atom. The summed E-state index contributed by atoms with van der Waals surface area (Å²) in [6, 6.07) is 23.2. The number of ether oxygens (including phenoxy) is 1. The van der Waals surface area contributed by atoms with E-state index in [1.54, 1.807) is 29.2 Å². The van der Waals surface area contributed by atoms with Gasteiger partial charge >= 0.3 is 6.09 Å². The predicted octanol–water partition coefficient (Wildman–Crippen LogP) is 3.56. The second-order valence-electron chi connectivity index (χ2n) is 8.51. The van der Waals surface area contributed by atoms with Gasteiger partial charge in [-0.1, -0.05) is 66.7 Å². The molecule has 1 aliphatic heterocycles. The minimum Gasteiger partial charge on any atom is -0.508 e. The minimum absolute atomic E-state index is 0. The molecule has 0 aliphatic carbocycles.